The second kappa shape index (κ2) is 5.26. The third kappa shape index (κ3) is 3.63. The number of nitrogens with zero attached hydrogens (tertiary/aromatic N) is 3. The molecule has 0 bridgehead atoms. The summed E-state index contributed by atoms with van der Waals surface area (Å²) in [6, 6.07) is 0. The molecule has 0 aromatic carbocycles. The van der Waals surface area contributed by atoms with E-state index in [1.54, 1.807) is 4.68 Å². The van der Waals surface area contributed by atoms with E-state index in [-0.39, 0.29) is 5.54 Å². The largest absolute Gasteiger partial charge is 0.325 e. The summed E-state index contributed by atoms with van der Waals surface area (Å²) < 4.78 is 1.73. The van der Waals surface area contributed by atoms with Crippen LogP contribution in [0.3, 0.4) is 0 Å². The average molecular weight is 210 g/mol. The van der Waals surface area contributed by atoms with Crippen molar-refractivity contribution >= 4 is 0 Å². The van der Waals surface area contributed by atoms with Crippen LogP contribution in [0.1, 0.15) is 45.2 Å². The van der Waals surface area contributed by atoms with Gasteiger partial charge in [0.1, 0.15) is 0 Å². The van der Waals surface area contributed by atoms with Crippen LogP contribution in [0.15, 0.2) is 6.20 Å². The fourth-order valence-electron chi connectivity index (χ4n) is 1.76. The molecule has 2 N–H and O–H groups in total. The SMILES string of the molecule is CCCCC(N)(CC)Cc1cn(C)nn1. The summed E-state index contributed by atoms with van der Waals surface area (Å²) in [6.45, 7) is 4.34. The lowest BCUT2D eigenvalue weighted by molar-refractivity contribution is 0.362. The van der Waals surface area contributed by atoms with Crippen molar-refractivity contribution in [3.8, 4) is 0 Å². The Morgan fingerprint density at radius 3 is 2.67 bits per heavy atom. The maximum atomic E-state index is 6.35. The van der Waals surface area contributed by atoms with Gasteiger partial charge in [0.15, 0.2) is 0 Å². The van der Waals surface area contributed by atoms with Crippen LogP contribution in [0.5, 0.6) is 0 Å². The molecular weight excluding hydrogens is 188 g/mol. The van der Waals surface area contributed by atoms with Gasteiger partial charge in [-0.05, 0) is 12.8 Å². The van der Waals surface area contributed by atoms with Crippen LogP contribution < -0.4 is 5.73 Å². The Morgan fingerprint density at radius 2 is 2.20 bits per heavy atom. The summed E-state index contributed by atoms with van der Waals surface area (Å²) in [5.41, 5.74) is 7.24. The molecule has 0 amide bonds. The first-order valence-electron chi connectivity index (χ1n) is 5.73. The molecule has 1 aromatic rings. The van der Waals surface area contributed by atoms with E-state index in [0.717, 1.165) is 25.0 Å². The highest BCUT2D eigenvalue weighted by molar-refractivity contribution is 5.01. The highest BCUT2D eigenvalue weighted by atomic mass is 15.4. The zero-order chi connectivity index (χ0) is 11.3. The van der Waals surface area contributed by atoms with Crippen molar-refractivity contribution in [2.24, 2.45) is 12.8 Å². The number of nitrogens with two attached hydrogens (primary N) is 1. The van der Waals surface area contributed by atoms with Gasteiger partial charge in [0.05, 0.1) is 5.69 Å². The Hall–Kier alpha value is -0.900. The Kier molecular flexibility index (Phi) is 4.27. The quantitative estimate of drug-likeness (QED) is 0.776. The smallest absolute Gasteiger partial charge is 0.0845 e. The normalized spacial score (nSPS) is 15.2. The molecule has 0 radical (unpaired) electrons. The lowest BCUT2D eigenvalue weighted by Gasteiger charge is -2.27. The standard InChI is InChI=1S/C11H22N4/c1-4-6-7-11(12,5-2)8-10-9-15(3)14-13-10/h9H,4-8,12H2,1-3H3. The number of rotatable bonds is 6. The summed E-state index contributed by atoms with van der Waals surface area (Å²) in [5.74, 6) is 0. The molecular formula is C11H22N4. The van der Waals surface area contributed by atoms with Crippen molar-refractivity contribution in [2.75, 3.05) is 0 Å². The molecule has 0 fully saturated rings. The van der Waals surface area contributed by atoms with Crippen molar-refractivity contribution in [1.29, 1.82) is 0 Å². The Labute approximate surface area is 91.9 Å². The predicted octanol–water partition coefficient (Wildman–Crippen LogP) is 1.66. The second-order valence-corrected chi connectivity index (χ2v) is 4.38. The predicted molar refractivity (Wildman–Crippen MR) is 61.4 cm³/mol. The first kappa shape index (κ1) is 12.2. The molecule has 0 aliphatic carbocycles. The van der Waals surface area contributed by atoms with Crippen molar-refractivity contribution in [1.82, 2.24) is 15.0 Å². The molecule has 1 unspecified atom stereocenters. The van der Waals surface area contributed by atoms with Gasteiger partial charge in [0.25, 0.3) is 0 Å². The minimum absolute atomic E-state index is 0.105. The summed E-state index contributed by atoms with van der Waals surface area (Å²) in [4.78, 5) is 0. The van der Waals surface area contributed by atoms with Crippen molar-refractivity contribution in [3.05, 3.63) is 11.9 Å². The van der Waals surface area contributed by atoms with Gasteiger partial charge >= 0.3 is 0 Å². The fourth-order valence-corrected chi connectivity index (χ4v) is 1.76. The molecule has 0 aliphatic heterocycles. The maximum Gasteiger partial charge on any atom is 0.0845 e. The molecule has 1 heterocycles. The van der Waals surface area contributed by atoms with E-state index in [4.69, 9.17) is 5.73 Å². The molecule has 15 heavy (non-hydrogen) atoms. The minimum atomic E-state index is -0.105. The monoisotopic (exact) mass is 210 g/mol. The van der Waals surface area contributed by atoms with Crippen molar-refractivity contribution < 1.29 is 0 Å². The van der Waals surface area contributed by atoms with Crippen molar-refractivity contribution in [2.45, 2.75) is 51.5 Å². The minimum Gasteiger partial charge on any atom is -0.325 e. The lowest BCUT2D eigenvalue weighted by Crippen LogP contribution is -2.41. The Balaban J connectivity index is 2.59. The van der Waals surface area contributed by atoms with Crippen LogP contribution in [-0.2, 0) is 13.5 Å². The van der Waals surface area contributed by atoms with Gasteiger partial charge in [-0.2, -0.15) is 0 Å². The number of aryl methyl sites for hydroxylation is 1. The van der Waals surface area contributed by atoms with Crippen molar-refractivity contribution in [3.63, 3.8) is 0 Å². The van der Waals surface area contributed by atoms with E-state index in [2.05, 4.69) is 24.2 Å². The number of unbranched alkanes of at least 4 members (excludes halogenated alkanes) is 1. The third-order valence-electron chi connectivity index (χ3n) is 2.92. The van der Waals surface area contributed by atoms with Crippen LogP contribution in [0.2, 0.25) is 0 Å². The number of hydrogen-bond acceptors (Lipinski definition) is 3. The van der Waals surface area contributed by atoms with Gasteiger partial charge in [0, 0.05) is 25.2 Å². The topological polar surface area (TPSA) is 56.7 Å². The van der Waals surface area contributed by atoms with Gasteiger partial charge in [-0.1, -0.05) is 31.9 Å². The first-order valence-corrected chi connectivity index (χ1v) is 5.73. The van der Waals surface area contributed by atoms with Gasteiger partial charge in [-0.25, -0.2) is 0 Å². The van der Waals surface area contributed by atoms with E-state index in [0.29, 0.717) is 0 Å². The van der Waals surface area contributed by atoms with Crippen LogP contribution in [0.4, 0.5) is 0 Å². The molecule has 0 saturated heterocycles. The van der Waals surface area contributed by atoms with E-state index in [9.17, 15) is 0 Å². The highest BCUT2D eigenvalue weighted by Crippen LogP contribution is 2.19. The molecule has 4 nitrogen and oxygen atoms in total. The summed E-state index contributed by atoms with van der Waals surface area (Å²) in [5, 5.41) is 8.02. The van der Waals surface area contributed by atoms with E-state index in [1.165, 1.54) is 12.8 Å². The van der Waals surface area contributed by atoms with Gasteiger partial charge in [0.2, 0.25) is 0 Å². The van der Waals surface area contributed by atoms with E-state index >= 15 is 0 Å². The highest BCUT2D eigenvalue weighted by Gasteiger charge is 2.23. The summed E-state index contributed by atoms with van der Waals surface area (Å²) in [7, 11) is 1.88. The van der Waals surface area contributed by atoms with Gasteiger partial charge in [-0.15, -0.1) is 5.10 Å². The van der Waals surface area contributed by atoms with Gasteiger partial charge < -0.3 is 5.73 Å². The molecule has 4 heteroatoms. The first-order chi connectivity index (χ1) is 7.09. The zero-order valence-corrected chi connectivity index (χ0v) is 10.0. The fraction of sp³-hybridized carbons (Fsp3) is 0.818. The Bertz CT molecular complexity index is 295. The molecule has 0 aliphatic rings. The van der Waals surface area contributed by atoms with Crippen LogP contribution in [0, 0.1) is 0 Å². The van der Waals surface area contributed by atoms with E-state index < -0.39 is 0 Å². The summed E-state index contributed by atoms with van der Waals surface area (Å²) in [6.07, 6.45) is 7.21. The molecule has 0 saturated carbocycles. The van der Waals surface area contributed by atoms with Crippen LogP contribution in [0.25, 0.3) is 0 Å². The van der Waals surface area contributed by atoms with Crippen LogP contribution in [-0.4, -0.2) is 20.5 Å². The molecule has 86 valence electrons. The summed E-state index contributed by atoms with van der Waals surface area (Å²) >= 11 is 0. The maximum absolute atomic E-state index is 6.35. The average Bonchev–Trinajstić information content (AvgIpc) is 2.61. The Morgan fingerprint density at radius 1 is 1.47 bits per heavy atom. The molecule has 1 atom stereocenters. The zero-order valence-electron chi connectivity index (χ0n) is 10.0. The number of hydrogen-bond donors (Lipinski definition) is 1. The second-order valence-electron chi connectivity index (χ2n) is 4.38. The number of aromatic nitrogens is 3. The lowest BCUT2D eigenvalue weighted by atomic mass is 9.86. The van der Waals surface area contributed by atoms with Crippen LogP contribution >= 0.6 is 0 Å². The third-order valence-corrected chi connectivity index (χ3v) is 2.92. The molecule has 0 spiro atoms. The van der Waals surface area contributed by atoms with E-state index in [1.807, 2.05) is 13.2 Å². The molecule has 1 aromatic heterocycles. The van der Waals surface area contributed by atoms with Gasteiger partial charge in [-0.3, -0.25) is 4.68 Å². The molecule has 1 rings (SSSR count).